The lowest BCUT2D eigenvalue weighted by molar-refractivity contribution is 0.0697. The van der Waals surface area contributed by atoms with Gasteiger partial charge in [-0.25, -0.2) is 9.48 Å². The van der Waals surface area contributed by atoms with E-state index in [1.54, 1.807) is 10.9 Å². The standard InChI is InChI=1S/C12H11ClN2O3/c1-7-3-4-15(14-7)10-5-8(12(16)17)9(13)6-11(10)18-2/h3-6H,1-2H3,(H,16,17). The summed E-state index contributed by atoms with van der Waals surface area (Å²) in [5.74, 6) is -0.624. The summed E-state index contributed by atoms with van der Waals surface area (Å²) in [5, 5.41) is 13.4. The number of nitrogens with zero attached hydrogens (tertiary/aromatic N) is 2. The maximum absolute atomic E-state index is 11.1. The molecule has 2 aromatic rings. The number of aromatic nitrogens is 2. The molecule has 1 N–H and O–H groups in total. The summed E-state index contributed by atoms with van der Waals surface area (Å²) < 4.78 is 6.74. The molecule has 0 amide bonds. The van der Waals surface area contributed by atoms with Gasteiger partial charge in [0.15, 0.2) is 0 Å². The van der Waals surface area contributed by atoms with Crippen molar-refractivity contribution in [2.24, 2.45) is 0 Å². The van der Waals surface area contributed by atoms with Crippen LogP contribution in [-0.4, -0.2) is 28.0 Å². The third-order valence-electron chi connectivity index (χ3n) is 2.47. The molecule has 0 bridgehead atoms. The molecule has 18 heavy (non-hydrogen) atoms. The van der Waals surface area contributed by atoms with Crippen molar-refractivity contribution in [3.05, 3.63) is 40.7 Å². The number of hydrogen-bond donors (Lipinski definition) is 1. The SMILES string of the molecule is COc1cc(Cl)c(C(=O)O)cc1-n1ccc(C)n1. The molecule has 0 aliphatic rings. The van der Waals surface area contributed by atoms with Gasteiger partial charge in [0.05, 0.1) is 23.4 Å². The molecule has 0 fully saturated rings. The van der Waals surface area contributed by atoms with Crippen LogP contribution in [-0.2, 0) is 0 Å². The number of rotatable bonds is 3. The number of halogens is 1. The smallest absolute Gasteiger partial charge is 0.337 e. The van der Waals surface area contributed by atoms with Crippen molar-refractivity contribution in [3.63, 3.8) is 0 Å². The number of carbonyl (C=O) groups is 1. The molecule has 1 aromatic carbocycles. The second-order valence-electron chi connectivity index (χ2n) is 3.71. The zero-order valence-electron chi connectivity index (χ0n) is 9.85. The Labute approximate surface area is 109 Å². The minimum absolute atomic E-state index is 0.0145. The highest BCUT2D eigenvalue weighted by Crippen LogP contribution is 2.29. The van der Waals surface area contributed by atoms with Gasteiger partial charge in [0.25, 0.3) is 0 Å². The van der Waals surface area contributed by atoms with E-state index < -0.39 is 5.97 Å². The van der Waals surface area contributed by atoms with Gasteiger partial charge in [-0.1, -0.05) is 11.6 Å². The Kier molecular flexibility index (Phi) is 3.25. The Morgan fingerprint density at radius 1 is 1.50 bits per heavy atom. The predicted molar refractivity (Wildman–Crippen MR) is 66.8 cm³/mol. The molecule has 0 atom stereocenters. The Balaban J connectivity index is 2.64. The van der Waals surface area contributed by atoms with Crippen LogP contribution in [0.15, 0.2) is 24.4 Å². The second kappa shape index (κ2) is 4.70. The molecule has 0 radical (unpaired) electrons. The fourth-order valence-corrected chi connectivity index (χ4v) is 1.83. The topological polar surface area (TPSA) is 64.3 Å². The lowest BCUT2D eigenvalue weighted by Crippen LogP contribution is -2.04. The maximum Gasteiger partial charge on any atom is 0.337 e. The maximum atomic E-state index is 11.1. The first-order chi connectivity index (χ1) is 8.52. The lowest BCUT2D eigenvalue weighted by atomic mass is 10.2. The van der Waals surface area contributed by atoms with Crippen LogP contribution in [0.3, 0.4) is 0 Å². The largest absolute Gasteiger partial charge is 0.494 e. The molecule has 0 saturated heterocycles. The number of aromatic carboxylic acids is 1. The fourth-order valence-electron chi connectivity index (χ4n) is 1.60. The third-order valence-corrected chi connectivity index (χ3v) is 2.78. The zero-order chi connectivity index (χ0) is 13.3. The van der Waals surface area contributed by atoms with Crippen LogP contribution < -0.4 is 4.74 Å². The summed E-state index contributed by atoms with van der Waals surface area (Å²) in [7, 11) is 1.49. The van der Waals surface area contributed by atoms with E-state index in [0.29, 0.717) is 11.4 Å². The van der Waals surface area contributed by atoms with Crippen LogP contribution in [0.4, 0.5) is 0 Å². The van der Waals surface area contributed by atoms with Gasteiger partial charge < -0.3 is 9.84 Å². The van der Waals surface area contributed by atoms with Crippen LogP contribution in [0.1, 0.15) is 16.1 Å². The number of benzene rings is 1. The number of ether oxygens (including phenoxy) is 1. The Bertz CT molecular complexity index is 607. The Morgan fingerprint density at radius 2 is 2.22 bits per heavy atom. The molecular weight excluding hydrogens is 256 g/mol. The van der Waals surface area contributed by atoms with Gasteiger partial charge in [0.1, 0.15) is 11.4 Å². The average Bonchev–Trinajstić information content (AvgIpc) is 2.74. The van der Waals surface area contributed by atoms with Crippen LogP contribution >= 0.6 is 11.6 Å². The monoisotopic (exact) mass is 266 g/mol. The molecule has 0 spiro atoms. The summed E-state index contributed by atoms with van der Waals surface area (Å²) in [6.45, 7) is 1.84. The van der Waals surface area contributed by atoms with E-state index in [-0.39, 0.29) is 10.6 Å². The van der Waals surface area contributed by atoms with Crippen molar-refractivity contribution in [3.8, 4) is 11.4 Å². The molecule has 5 nitrogen and oxygen atoms in total. The summed E-state index contributed by atoms with van der Waals surface area (Å²) in [5.41, 5.74) is 1.37. The predicted octanol–water partition coefficient (Wildman–Crippen LogP) is 2.54. The van der Waals surface area contributed by atoms with Crippen molar-refractivity contribution in [1.29, 1.82) is 0 Å². The van der Waals surface area contributed by atoms with Gasteiger partial charge in [-0.15, -0.1) is 0 Å². The van der Waals surface area contributed by atoms with E-state index in [1.165, 1.54) is 19.2 Å². The average molecular weight is 267 g/mol. The number of carboxylic acids is 1. The van der Waals surface area contributed by atoms with Gasteiger partial charge in [-0.3, -0.25) is 0 Å². The molecule has 0 unspecified atom stereocenters. The van der Waals surface area contributed by atoms with E-state index >= 15 is 0 Å². The quantitative estimate of drug-likeness (QED) is 0.927. The number of methoxy groups -OCH3 is 1. The minimum Gasteiger partial charge on any atom is -0.494 e. The first-order valence-electron chi connectivity index (χ1n) is 5.16. The molecule has 1 heterocycles. The van der Waals surface area contributed by atoms with Crippen LogP contribution in [0, 0.1) is 6.92 Å². The molecule has 6 heteroatoms. The minimum atomic E-state index is -1.09. The Hall–Kier alpha value is -2.01. The van der Waals surface area contributed by atoms with E-state index in [0.717, 1.165) is 5.69 Å². The molecule has 0 aliphatic heterocycles. The van der Waals surface area contributed by atoms with Crippen molar-refractivity contribution in [2.45, 2.75) is 6.92 Å². The van der Waals surface area contributed by atoms with Gasteiger partial charge in [-0.2, -0.15) is 5.10 Å². The van der Waals surface area contributed by atoms with Crippen molar-refractivity contribution in [1.82, 2.24) is 9.78 Å². The molecular formula is C12H11ClN2O3. The van der Waals surface area contributed by atoms with E-state index in [2.05, 4.69) is 5.10 Å². The Morgan fingerprint density at radius 3 is 2.72 bits per heavy atom. The van der Waals surface area contributed by atoms with Crippen LogP contribution in [0.2, 0.25) is 5.02 Å². The number of aryl methyl sites for hydroxylation is 1. The van der Waals surface area contributed by atoms with Crippen LogP contribution in [0.25, 0.3) is 5.69 Å². The highest BCUT2D eigenvalue weighted by atomic mass is 35.5. The van der Waals surface area contributed by atoms with Gasteiger partial charge in [0, 0.05) is 12.3 Å². The first kappa shape index (κ1) is 12.4. The molecule has 1 aromatic heterocycles. The van der Waals surface area contributed by atoms with Crippen molar-refractivity contribution < 1.29 is 14.6 Å². The van der Waals surface area contributed by atoms with Crippen molar-refractivity contribution >= 4 is 17.6 Å². The van der Waals surface area contributed by atoms with Crippen molar-refractivity contribution in [2.75, 3.05) is 7.11 Å². The van der Waals surface area contributed by atoms with E-state index in [9.17, 15) is 4.79 Å². The summed E-state index contributed by atoms with van der Waals surface area (Å²) in [4.78, 5) is 11.1. The van der Waals surface area contributed by atoms with E-state index in [4.69, 9.17) is 21.4 Å². The number of hydrogen-bond acceptors (Lipinski definition) is 3. The first-order valence-corrected chi connectivity index (χ1v) is 5.54. The number of carboxylic acid groups (broad SMARTS) is 1. The normalized spacial score (nSPS) is 10.4. The summed E-state index contributed by atoms with van der Waals surface area (Å²) >= 11 is 5.88. The molecule has 2 rings (SSSR count). The summed E-state index contributed by atoms with van der Waals surface area (Å²) in [6.07, 6.45) is 1.73. The van der Waals surface area contributed by atoms with Gasteiger partial charge in [-0.05, 0) is 19.1 Å². The lowest BCUT2D eigenvalue weighted by Gasteiger charge is -2.10. The molecule has 0 saturated carbocycles. The van der Waals surface area contributed by atoms with Gasteiger partial charge >= 0.3 is 5.97 Å². The second-order valence-corrected chi connectivity index (χ2v) is 4.12. The van der Waals surface area contributed by atoms with Gasteiger partial charge in [0.2, 0.25) is 0 Å². The summed E-state index contributed by atoms with van der Waals surface area (Å²) in [6, 6.07) is 4.72. The highest BCUT2D eigenvalue weighted by molar-refractivity contribution is 6.33. The van der Waals surface area contributed by atoms with E-state index in [1.807, 2.05) is 13.0 Å². The molecule has 0 aliphatic carbocycles. The zero-order valence-corrected chi connectivity index (χ0v) is 10.6. The third kappa shape index (κ3) is 2.17. The molecule has 94 valence electrons. The highest BCUT2D eigenvalue weighted by Gasteiger charge is 2.15. The van der Waals surface area contributed by atoms with Crippen LogP contribution in [0.5, 0.6) is 5.75 Å². The fraction of sp³-hybridized carbons (Fsp3) is 0.167.